The second-order valence-electron chi connectivity index (χ2n) is 10.8. The van der Waals surface area contributed by atoms with E-state index in [9.17, 15) is 9.59 Å². The van der Waals surface area contributed by atoms with Crippen LogP contribution in [0.25, 0.3) is 0 Å². The molecule has 5 heteroatoms. The van der Waals surface area contributed by atoms with Crippen LogP contribution in [0.4, 0.5) is 0 Å². The molecule has 0 bridgehead atoms. The Labute approximate surface area is 211 Å². The summed E-state index contributed by atoms with van der Waals surface area (Å²) in [5.41, 5.74) is 3.41. The lowest BCUT2D eigenvalue weighted by molar-refractivity contribution is -0.143. The number of amides is 2. The molecule has 1 N–H and O–H groups in total. The number of hydrogen-bond acceptors (Lipinski definition) is 3. The molecule has 3 rings (SSSR count). The molecule has 2 aromatic carbocycles. The first-order valence-corrected chi connectivity index (χ1v) is 13.1. The van der Waals surface area contributed by atoms with Crippen LogP contribution in [-0.4, -0.2) is 35.4 Å². The van der Waals surface area contributed by atoms with Gasteiger partial charge in [-0.3, -0.25) is 9.59 Å². The summed E-state index contributed by atoms with van der Waals surface area (Å²) >= 11 is 0. The molecule has 1 atom stereocenters. The first-order chi connectivity index (χ1) is 16.7. The highest BCUT2D eigenvalue weighted by atomic mass is 16.5. The summed E-state index contributed by atoms with van der Waals surface area (Å²) < 4.78 is 5.89. The molecule has 0 aliphatic heterocycles. The Hall–Kier alpha value is -2.82. The van der Waals surface area contributed by atoms with Gasteiger partial charge in [-0.05, 0) is 60.4 Å². The van der Waals surface area contributed by atoms with Gasteiger partial charge in [0.05, 0.1) is 0 Å². The summed E-state index contributed by atoms with van der Waals surface area (Å²) in [7, 11) is 0. The van der Waals surface area contributed by atoms with Gasteiger partial charge in [-0.1, -0.05) is 83.4 Å². The maximum absolute atomic E-state index is 13.5. The van der Waals surface area contributed by atoms with E-state index < -0.39 is 6.04 Å². The van der Waals surface area contributed by atoms with Gasteiger partial charge in [-0.15, -0.1) is 0 Å². The van der Waals surface area contributed by atoms with Gasteiger partial charge < -0.3 is 15.0 Å². The molecule has 0 spiro atoms. The summed E-state index contributed by atoms with van der Waals surface area (Å²) in [5, 5.41) is 3.23. The van der Waals surface area contributed by atoms with E-state index in [0.29, 0.717) is 18.7 Å². The summed E-state index contributed by atoms with van der Waals surface area (Å²) in [6, 6.07) is 15.6. The molecule has 1 aliphatic rings. The van der Waals surface area contributed by atoms with E-state index in [-0.39, 0.29) is 29.9 Å². The molecule has 1 saturated carbocycles. The Morgan fingerprint density at radius 2 is 1.69 bits per heavy atom. The van der Waals surface area contributed by atoms with Gasteiger partial charge in [0.15, 0.2) is 6.61 Å². The second-order valence-corrected chi connectivity index (χ2v) is 10.8. The quantitative estimate of drug-likeness (QED) is 0.486. The minimum atomic E-state index is -0.532. The number of benzene rings is 2. The number of nitrogens with one attached hydrogen (secondary N) is 1. The lowest BCUT2D eigenvalue weighted by Gasteiger charge is -2.33. The molecule has 0 heterocycles. The number of ether oxygens (including phenoxy) is 1. The minimum absolute atomic E-state index is 0.0543. The lowest BCUT2D eigenvalue weighted by Crippen LogP contribution is -2.52. The van der Waals surface area contributed by atoms with Crippen LogP contribution in [0.3, 0.4) is 0 Å². The molecular formula is C30H42N2O3. The van der Waals surface area contributed by atoms with Gasteiger partial charge in [0.25, 0.3) is 5.91 Å². The van der Waals surface area contributed by atoms with E-state index in [2.05, 4.69) is 26.1 Å². The molecular weight excluding hydrogens is 436 g/mol. The highest BCUT2D eigenvalue weighted by Crippen LogP contribution is 2.25. The van der Waals surface area contributed by atoms with Crippen molar-refractivity contribution in [2.24, 2.45) is 0 Å². The molecule has 0 saturated heterocycles. The predicted molar refractivity (Wildman–Crippen MR) is 141 cm³/mol. The fourth-order valence-electron chi connectivity index (χ4n) is 4.71. The van der Waals surface area contributed by atoms with Crippen molar-refractivity contribution in [3.8, 4) is 5.75 Å². The van der Waals surface area contributed by atoms with Crippen LogP contribution < -0.4 is 10.1 Å². The SMILES string of the molecule is CC[C@H](C(=O)NC1CCCCC1)N(Cc1ccccc1C)C(=O)COc1ccc(C(C)(C)C)cc1. The van der Waals surface area contributed by atoms with Crippen molar-refractivity contribution in [2.45, 2.75) is 97.2 Å². The van der Waals surface area contributed by atoms with Crippen LogP contribution in [0.1, 0.15) is 82.9 Å². The highest BCUT2D eigenvalue weighted by Gasteiger charge is 2.30. The molecule has 2 amide bonds. The third-order valence-electron chi connectivity index (χ3n) is 7.02. The summed E-state index contributed by atoms with van der Waals surface area (Å²) in [5.74, 6) is 0.413. The molecule has 1 aliphatic carbocycles. The maximum Gasteiger partial charge on any atom is 0.261 e. The minimum Gasteiger partial charge on any atom is -0.484 e. The zero-order chi connectivity index (χ0) is 25.4. The van der Waals surface area contributed by atoms with Crippen LogP contribution in [0.15, 0.2) is 48.5 Å². The first-order valence-electron chi connectivity index (χ1n) is 13.1. The topological polar surface area (TPSA) is 58.6 Å². The van der Waals surface area contributed by atoms with Crippen molar-refractivity contribution in [3.05, 3.63) is 65.2 Å². The van der Waals surface area contributed by atoms with E-state index in [0.717, 1.165) is 36.8 Å². The van der Waals surface area contributed by atoms with Gasteiger partial charge in [0.2, 0.25) is 5.91 Å². The monoisotopic (exact) mass is 478 g/mol. The molecule has 2 aromatic rings. The van der Waals surface area contributed by atoms with E-state index in [1.807, 2.05) is 62.4 Å². The Kier molecular flexibility index (Phi) is 9.36. The van der Waals surface area contributed by atoms with E-state index in [4.69, 9.17) is 4.74 Å². The molecule has 0 radical (unpaired) electrons. The van der Waals surface area contributed by atoms with Crippen molar-refractivity contribution in [1.29, 1.82) is 0 Å². The molecule has 35 heavy (non-hydrogen) atoms. The van der Waals surface area contributed by atoms with Gasteiger partial charge in [-0.25, -0.2) is 0 Å². The lowest BCUT2D eigenvalue weighted by atomic mass is 9.87. The Morgan fingerprint density at radius 3 is 2.29 bits per heavy atom. The smallest absolute Gasteiger partial charge is 0.261 e. The Balaban J connectivity index is 1.75. The molecule has 0 aromatic heterocycles. The van der Waals surface area contributed by atoms with Crippen molar-refractivity contribution >= 4 is 11.8 Å². The number of hydrogen-bond donors (Lipinski definition) is 1. The fourth-order valence-corrected chi connectivity index (χ4v) is 4.71. The summed E-state index contributed by atoms with van der Waals surface area (Å²) in [6.45, 7) is 10.8. The molecule has 5 nitrogen and oxygen atoms in total. The average Bonchev–Trinajstić information content (AvgIpc) is 2.84. The third-order valence-corrected chi connectivity index (χ3v) is 7.02. The largest absolute Gasteiger partial charge is 0.484 e. The molecule has 1 fully saturated rings. The van der Waals surface area contributed by atoms with E-state index in [1.54, 1.807) is 4.90 Å². The predicted octanol–water partition coefficient (Wildman–Crippen LogP) is 5.93. The van der Waals surface area contributed by atoms with Crippen LogP contribution in [0, 0.1) is 6.92 Å². The zero-order valence-corrected chi connectivity index (χ0v) is 22.1. The molecule has 190 valence electrons. The highest BCUT2D eigenvalue weighted by molar-refractivity contribution is 5.88. The van der Waals surface area contributed by atoms with Gasteiger partial charge in [0, 0.05) is 12.6 Å². The van der Waals surface area contributed by atoms with Gasteiger partial charge in [0.1, 0.15) is 11.8 Å². The number of rotatable bonds is 9. The second kappa shape index (κ2) is 12.2. The van der Waals surface area contributed by atoms with Crippen LogP contribution in [-0.2, 0) is 21.5 Å². The van der Waals surface area contributed by atoms with Crippen LogP contribution >= 0.6 is 0 Å². The number of nitrogens with zero attached hydrogens (tertiary/aromatic N) is 1. The fraction of sp³-hybridized carbons (Fsp3) is 0.533. The van der Waals surface area contributed by atoms with Crippen molar-refractivity contribution < 1.29 is 14.3 Å². The van der Waals surface area contributed by atoms with Gasteiger partial charge in [-0.2, -0.15) is 0 Å². The zero-order valence-electron chi connectivity index (χ0n) is 22.1. The van der Waals surface area contributed by atoms with Crippen LogP contribution in [0.2, 0.25) is 0 Å². The van der Waals surface area contributed by atoms with Crippen molar-refractivity contribution in [3.63, 3.8) is 0 Å². The maximum atomic E-state index is 13.5. The average molecular weight is 479 g/mol. The third kappa shape index (κ3) is 7.58. The van der Waals surface area contributed by atoms with Gasteiger partial charge >= 0.3 is 0 Å². The number of carbonyl (C=O) groups is 2. The number of aryl methyl sites for hydroxylation is 1. The van der Waals surface area contributed by atoms with E-state index in [1.165, 1.54) is 12.0 Å². The normalized spacial score (nSPS) is 15.3. The van der Waals surface area contributed by atoms with Crippen molar-refractivity contribution in [2.75, 3.05) is 6.61 Å². The van der Waals surface area contributed by atoms with Crippen molar-refractivity contribution in [1.82, 2.24) is 10.2 Å². The van der Waals surface area contributed by atoms with E-state index >= 15 is 0 Å². The molecule has 0 unspecified atom stereocenters. The summed E-state index contributed by atoms with van der Waals surface area (Å²) in [6.07, 6.45) is 6.11. The standard InChI is InChI=1S/C30H42N2O3/c1-6-27(29(34)31-25-14-8-7-9-15-25)32(20-23-13-11-10-12-22(23)2)28(33)21-35-26-18-16-24(17-19-26)30(3,4)5/h10-13,16-19,25,27H,6-9,14-15,20-21H2,1-5H3,(H,31,34)/t27-/m1/s1. The first kappa shape index (κ1) is 26.8. The summed E-state index contributed by atoms with van der Waals surface area (Å²) in [4.78, 5) is 28.5. The Bertz CT molecular complexity index is 972. The number of carbonyl (C=O) groups excluding carboxylic acids is 2. The Morgan fingerprint density at radius 1 is 1.03 bits per heavy atom. The van der Waals surface area contributed by atoms with Crippen LogP contribution in [0.5, 0.6) is 5.75 Å².